The maximum Gasteiger partial charge on any atom is 0.137 e. The Balaban J connectivity index is 1.08. The highest BCUT2D eigenvalue weighted by atomic mass is 16.3. The van der Waals surface area contributed by atoms with Gasteiger partial charge in [0.15, 0.2) is 0 Å². The van der Waals surface area contributed by atoms with E-state index in [-0.39, 0.29) is 0 Å². The molecule has 1 aliphatic carbocycles. The molecule has 0 N–H and O–H groups in total. The largest absolute Gasteiger partial charge is 0.456 e. The summed E-state index contributed by atoms with van der Waals surface area (Å²) < 4.78 is 6.55. The van der Waals surface area contributed by atoms with Gasteiger partial charge < -0.3 is 9.32 Å². The molecule has 9 aromatic rings. The minimum Gasteiger partial charge on any atom is -0.456 e. The molecule has 0 saturated carbocycles. The monoisotopic (exact) mass is 729 g/mol. The first-order valence-corrected chi connectivity index (χ1v) is 19.5. The Kier molecular flexibility index (Phi) is 8.58. The first-order valence-electron chi connectivity index (χ1n) is 19.5. The number of furan rings is 1. The minimum absolute atomic E-state index is 0.416. The van der Waals surface area contributed by atoms with Crippen molar-refractivity contribution in [3.05, 3.63) is 253 Å². The summed E-state index contributed by atoms with van der Waals surface area (Å²) in [6.45, 7) is 3.90. The molecule has 2 heteroatoms. The van der Waals surface area contributed by atoms with Gasteiger partial charge in [-0.15, -0.1) is 0 Å². The number of para-hydroxylation sites is 1. The molecule has 270 valence electrons. The fraction of sp³-hybridized carbons (Fsp3) is 0.0182. The molecule has 0 atom stereocenters. The van der Waals surface area contributed by atoms with Gasteiger partial charge in [0.1, 0.15) is 11.3 Å². The summed E-state index contributed by atoms with van der Waals surface area (Å²) in [5.74, 6) is 0.800. The zero-order valence-electron chi connectivity index (χ0n) is 31.4. The third kappa shape index (κ3) is 5.65. The molecule has 0 aliphatic heterocycles. The van der Waals surface area contributed by atoms with E-state index in [1.165, 1.54) is 38.9 Å². The van der Waals surface area contributed by atoms with Gasteiger partial charge in [-0.1, -0.05) is 189 Å². The lowest BCUT2D eigenvalue weighted by atomic mass is 9.67. The lowest BCUT2D eigenvalue weighted by Crippen LogP contribution is -2.28. The summed E-state index contributed by atoms with van der Waals surface area (Å²) >= 11 is 0. The highest BCUT2D eigenvalue weighted by Gasteiger charge is 2.45. The zero-order chi connectivity index (χ0) is 38.2. The first kappa shape index (κ1) is 34.1. The predicted octanol–water partition coefficient (Wildman–Crippen LogP) is 14.8. The van der Waals surface area contributed by atoms with Crippen molar-refractivity contribution in [2.45, 2.75) is 5.41 Å². The van der Waals surface area contributed by atoms with Crippen LogP contribution in [0, 0.1) is 0 Å². The quantitative estimate of drug-likeness (QED) is 0.138. The second kappa shape index (κ2) is 14.3. The summed E-state index contributed by atoms with van der Waals surface area (Å²) in [6.07, 6.45) is 5.71. The summed E-state index contributed by atoms with van der Waals surface area (Å²) in [5.41, 5.74) is 15.8. The molecule has 0 radical (unpaired) electrons. The Labute approximate surface area is 334 Å². The van der Waals surface area contributed by atoms with Crippen LogP contribution < -0.4 is 4.90 Å². The maximum absolute atomic E-state index is 6.55. The van der Waals surface area contributed by atoms with Crippen molar-refractivity contribution in [2.24, 2.45) is 0 Å². The Hall–Kier alpha value is -7.42. The fourth-order valence-corrected chi connectivity index (χ4v) is 8.93. The minimum atomic E-state index is -0.416. The molecule has 0 unspecified atom stereocenters. The van der Waals surface area contributed by atoms with E-state index in [2.05, 4.69) is 212 Å². The highest BCUT2D eigenvalue weighted by molar-refractivity contribution is 6.08. The summed E-state index contributed by atoms with van der Waals surface area (Å²) in [6, 6.07) is 74.3. The van der Waals surface area contributed by atoms with Crippen LogP contribution in [0.4, 0.5) is 17.1 Å². The molecule has 0 fully saturated rings. The first-order chi connectivity index (χ1) is 28.3. The van der Waals surface area contributed by atoms with Crippen molar-refractivity contribution in [3.63, 3.8) is 0 Å². The average Bonchev–Trinajstić information content (AvgIpc) is 3.81. The van der Waals surface area contributed by atoms with Crippen molar-refractivity contribution < 1.29 is 4.42 Å². The molecular formula is C55H39NO. The molecule has 0 saturated heterocycles. The molecule has 0 spiro atoms. The number of anilines is 3. The van der Waals surface area contributed by atoms with Crippen molar-refractivity contribution >= 4 is 34.1 Å². The van der Waals surface area contributed by atoms with E-state index in [0.29, 0.717) is 0 Å². The van der Waals surface area contributed by atoms with Crippen LogP contribution in [0.5, 0.6) is 0 Å². The lowest BCUT2D eigenvalue weighted by molar-refractivity contribution is 0.605. The van der Waals surface area contributed by atoms with Gasteiger partial charge in [0.05, 0.1) is 16.5 Å². The van der Waals surface area contributed by atoms with Crippen molar-refractivity contribution in [2.75, 3.05) is 4.90 Å². The van der Waals surface area contributed by atoms with Gasteiger partial charge >= 0.3 is 0 Å². The highest BCUT2D eigenvalue weighted by Crippen LogP contribution is 2.56. The second-order valence-electron chi connectivity index (χ2n) is 14.5. The van der Waals surface area contributed by atoms with E-state index >= 15 is 0 Å². The standard InChI is InChI=1S/C55H39NO/c1-2-3-29-51-53(41-18-7-4-8-19-41)54-50(28-17-30-52(54)57-51)56(44-22-11-6-12-23-44)45-37-33-40(34-38-45)39-31-35-43(36-32-39)55(42-20-9-5-10-21-42)48-26-15-13-24-46(48)47-25-14-16-27-49(47)55/h2-38H,1H2/b29-3-. The molecule has 2 nitrogen and oxygen atoms in total. The van der Waals surface area contributed by atoms with Crippen LogP contribution in [-0.2, 0) is 5.41 Å². The van der Waals surface area contributed by atoms with Crippen LogP contribution in [0.3, 0.4) is 0 Å². The topological polar surface area (TPSA) is 16.4 Å². The molecule has 57 heavy (non-hydrogen) atoms. The normalized spacial score (nSPS) is 12.7. The number of hydrogen-bond donors (Lipinski definition) is 0. The molecule has 10 rings (SSSR count). The fourth-order valence-electron chi connectivity index (χ4n) is 8.93. The van der Waals surface area contributed by atoms with Gasteiger partial charge in [-0.2, -0.15) is 0 Å². The molecule has 0 amide bonds. The number of allylic oxidation sites excluding steroid dienone is 2. The van der Waals surface area contributed by atoms with Crippen LogP contribution in [0.2, 0.25) is 0 Å². The zero-order valence-corrected chi connectivity index (χ0v) is 31.4. The summed E-state index contributed by atoms with van der Waals surface area (Å²) in [4.78, 5) is 2.33. The molecule has 8 aromatic carbocycles. The molecule has 1 aliphatic rings. The van der Waals surface area contributed by atoms with E-state index in [9.17, 15) is 0 Å². The Morgan fingerprint density at radius 3 is 1.61 bits per heavy atom. The van der Waals surface area contributed by atoms with E-state index in [4.69, 9.17) is 4.42 Å². The van der Waals surface area contributed by atoms with E-state index in [1.54, 1.807) is 6.08 Å². The van der Waals surface area contributed by atoms with E-state index in [1.807, 2.05) is 18.2 Å². The number of fused-ring (bicyclic) bond motifs is 4. The number of nitrogens with zero attached hydrogens (tertiary/aromatic N) is 1. The van der Waals surface area contributed by atoms with Gasteiger partial charge in [-0.25, -0.2) is 0 Å². The molecule has 1 aromatic heterocycles. The third-order valence-corrected chi connectivity index (χ3v) is 11.4. The number of hydrogen-bond acceptors (Lipinski definition) is 2. The Morgan fingerprint density at radius 1 is 0.456 bits per heavy atom. The smallest absolute Gasteiger partial charge is 0.137 e. The molecular weight excluding hydrogens is 691 g/mol. The SMILES string of the molecule is C=C/C=C\c1oc2cccc(N(c3ccccc3)c3ccc(-c4ccc(C5(c6ccccc6)c6ccccc6-c6ccccc65)cc4)cc3)c2c1-c1ccccc1. The van der Waals surface area contributed by atoms with Crippen molar-refractivity contribution in [3.8, 4) is 33.4 Å². The lowest BCUT2D eigenvalue weighted by Gasteiger charge is -2.34. The van der Waals surface area contributed by atoms with Crippen LogP contribution in [0.25, 0.3) is 50.4 Å². The van der Waals surface area contributed by atoms with Crippen molar-refractivity contribution in [1.82, 2.24) is 0 Å². The molecule has 0 bridgehead atoms. The van der Waals surface area contributed by atoms with Gasteiger partial charge in [-0.05, 0) is 92.5 Å². The number of rotatable bonds is 9. The van der Waals surface area contributed by atoms with Gasteiger partial charge in [0, 0.05) is 16.9 Å². The summed E-state index contributed by atoms with van der Waals surface area (Å²) in [5, 5.41) is 1.05. The van der Waals surface area contributed by atoms with Crippen molar-refractivity contribution in [1.29, 1.82) is 0 Å². The van der Waals surface area contributed by atoms with Crippen LogP contribution in [0.15, 0.2) is 229 Å². The second-order valence-corrected chi connectivity index (χ2v) is 14.5. The number of benzene rings is 8. The van der Waals surface area contributed by atoms with E-state index < -0.39 is 5.41 Å². The van der Waals surface area contributed by atoms with Gasteiger partial charge in [-0.3, -0.25) is 0 Å². The van der Waals surface area contributed by atoms with Crippen LogP contribution in [0.1, 0.15) is 28.0 Å². The Morgan fingerprint density at radius 2 is 0.982 bits per heavy atom. The van der Waals surface area contributed by atoms with Crippen LogP contribution >= 0.6 is 0 Å². The van der Waals surface area contributed by atoms with Crippen LogP contribution in [-0.4, -0.2) is 0 Å². The Bertz CT molecular complexity index is 2840. The molecule has 1 heterocycles. The third-order valence-electron chi connectivity index (χ3n) is 11.4. The van der Waals surface area contributed by atoms with Gasteiger partial charge in [0.2, 0.25) is 0 Å². The average molecular weight is 730 g/mol. The van der Waals surface area contributed by atoms with E-state index in [0.717, 1.165) is 50.5 Å². The van der Waals surface area contributed by atoms with Gasteiger partial charge in [0.25, 0.3) is 0 Å². The predicted molar refractivity (Wildman–Crippen MR) is 238 cm³/mol. The maximum atomic E-state index is 6.55. The summed E-state index contributed by atoms with van der Waals surface area (Å²) in [7, 11) is 0.